The number of halogens is 1. The van der Waals surface area contributed by atoms with Gasteiger partial charge < -0.3 is 10.4 Å². The van der Waals surface area contributed by atoms with Gasteiger partial charge in [0.15, 0.2) is 0 Å². The predicted octanol–water partition coefficient (Wildman–Crippen LogP) is 3.36. The van der Waals surface area contributed by atoms with Crippen LogP contribution in [-0.4, -0.2) is 17.6 Å². The lowest BCUT2D eigenvalue weighted by atomic mass is 10.1. The number of benzene rings is 1. The van der Waals surface area contributed by atoms with E-state index in [0.717, 1.165) is 21.2 Å². The summed E-state index contributed by atoms with van der Waals surface area (Å²) in [6.45, 7) is 0.600. The van der Waals surface area contributed by atoms with Gasteiger partial charge in [0, 0.05) is 11.4 Å². The molecule has 0 spiro atoms. The standard InChI is InChI=1S/C14H14ClNO2S/c15-12-7-6-11(19-12)8-9-16-13(14(17)18)10-4-2-1-3-5-10/h1-7,13,16H,8-9H2,(H,17,18). The van der Waals surface area contributed by atoms with E-state index in [9.17, 15) is 9.90 Å². The average Bonchev–Trinajstić information content (AvgIpc) is 2.81. The Bertz CT molecular complexity index is 541. The highest BCUT2D eigenvalue weighted by molar-refractivity contribution is 7.16. The number of hydrogen-bond acceptors (Lipinski definition) is 3. The van der Waals surface area contributed by atoms with Crippen molar-refractivity contribution in [1.29, 1.82) is 0 Å². The number of aliphatic carboxylic acids is 1. The van der Waals surface area contributed by atoms with Gasteiger partial charge in [0.1, 0.15) is 6.04 Å². The van der Waals surface area contributed by atoms with Crippen LogP contribution >= 0.6 is 22.9 Å². The van der Waals surface area contributed by atoms with E-state index in [0.29, 0.717) is 6.54 Å². The molecule has 100 valence electrons. The molecule has 0 saturated carbocycles. The molecule has 1 heterocycles. The van der Waals surface area contributed by atoms with Gasteiger partial charge in [-0.15, -0.1) is 11.3 Å². The highest BCUT2D eigenvalue weighted by Gasteiger charge is 2.18. The van der Waals surface area contributed by atoms with Crippen molar-refractivity contribution in [2.24, 2.45) is 0 Å². The molecule has 2 N–H and O–H groups in total. The summed E-state index contributed by atoms with van der Waals surface area (Å²) < 4.78 is 0.757. The molecular weight excluding hydrogens is 282 g/mol. The fourth-order valence-corrected chi connectivity index (χ4v) is 2.91. The van der Waals surface area contributed by atoms with Crippen LogP contribution in [0.4, 0.5) is 0 Å². The van der Waals surface area contributed by atoms with Crippen LogP contribution in [0.5, 0.6) is 0 Å². The Hall–Kier alpha value is -1.36. The van der Waals surface area contributed by atoms with Crippen LogP contribution in [-0.2, 0) is 11.2 Å². The molecule has 2 rings (SSSR count). The lowest BCUT2D eigenvalue weighted by Gasteiger charge is -2.14. The Morgan fingerprint density at radius 3 is 2.58 bits per heavy atom. The topological polar surface area (TPSA) is 49.3 Å². The summed E-state index contributed by atoms with van der Waals surface area (Å²) in [5, 5.41) is 12.3. The highest BCUT2D eigenvalue weighted by atomic mass is 35.5. The quantitative estimate of drug-likeness (QED) is 0.859. The normalized spacial score (nSPS) is 12.3. The maximum Gasteiger partial charge on any atom is 0.325 e. The summed E-state index contributed by atoms with van der Waals surface area (Å²) in [6.07, 6.45) is 0.772. The van der Waals surface area contributed by atoms with Crippen molar-refractivity contribution in [3.05, 3.63) is 57.2 Å². The molecule has 1 aromatic heterocycles. The molecule has 0 fully saturated rings. The third-order valence-corrected chi connectivity index (χ3v) is 4.02. The number of carboxylic acid groups (broad SMARTS) is 1. The number of rotatable bonds is 6. The molecule has 19 heavy (non-hydrogen) atoms. The van der Waals surface area contributed by atoms with Crippen molar-refractivity contribution in [3.8, 4) is 0 Å². The molecule has 0 bridgehead atoms. The van der Waals surface area contributed by atoms with E-state index in [2.05, 4.69) is 5.32 Å². The molecule has 5 heteroatoms. The number of thiophene rings is 1. The largest absolute Gasteiger partial charge is 0.480 e. The Morgan fingerprint density at radius 2 is 2.00 bits per heavy atom. The van der Waals surface area contributed by atoms with E-state index in [1.54, 1.807) is 0 Å². The molecule has 0 aliphatic carbocycles. The van der Waals surface area contributed by atoms with E-state index >= 15 is 0 Å². The van der Waals surface area contributed by atoms with Gasteiger partial charge >= 0.3 is 5.97 Å². The number of carboxylic acids is 1. The maximum atomic E-state index is 11.3. The Balaban J connectivity index is 1.93. The van der Waals surface area contributed by atoms with Gasteiger partial charge in [-0.1, -0.05) is 41.9 Å². The van der Waals surface area contributed by atoms with Crippen molar-refractivity contribution < 1.29 is 9.90 Å². The number of hydrogen-bond donors (Lipinski definition) is 2. The SMILES string of the molecule is O=C(O)C(NCCc1ccc(Cl)s1)c1ccccc1. The van der Waals surface area contributed by atoms with Crippen LogP contribution in [0.3, 0.4) is 0 Å². The summed E-state index contributed by atoms with van der Waals surface area (Å²) in [7, 11) is 0. The third-order valence-electron chi connectivity index (χ3n) is 2.73. The molecule has 3 nitrogen and oxygen atoms in total. The minimum absolute atomic E-state index is 0.600. The molecule has 0 amide bonds. The summed E-state index contributed by atoms with van der Waals surface area (Å²) in [6, 6.07) is 12.3. The van der Waals surface area contributed by atoms with Crippen molar-refractivity contribution in [2.75, 3.05) is 6.54 Å². The summed E-state index contributed by atoms with van der Waals surface area (Å²) in [5.74, 6) is -0.865. The average molecular weight is 296 g/mol. The van der Waals surface area contributed by atoms with E-state index in [-0.39, 0.29) is 0 Å². The van der Waals surface area contributed by atoms with Crippen LogP contribution in [0.15, 0.2) is 42.5 Å². The summed E-state index contributed by atoms with van der Waals surface area (Å²) in [5.41, 5.74) is 0.763. The van der Waals surface area contributed by atoms with Gasteiger partial charge in [-0.3, -0.25) is 4.79 Å². The van der Waals surface area contributed by atoms with Crippen LogP contribution < -0.4 is 5.32 Å². The van der Waals surface area contributed by atoms with Crippen molar-refractivity contribution in [1.82, 2.24) is 5.32 Å². The fraction of sp³-hybridized carbons (Fsp3) is 0.214. The summed E-state index contributed by atoms with van der Waals surface area (Å²) >= 11 is 7.37. The van der Waals surface area contributed by atoms with Crippen molar-refractivity contribution >= 4 is 28.9 Å². The van der Waals surface area contributed by atoms with Gasteiger partial charge in [-0.2, -0.15) is 0 Å². The monoisotopic (exact) mass is 295 g/mol. The zero-order chi connectivity index (χ0) is 13.7. The van der Waals surface area contributed by atoms with Gasteiger partial charge in [-0.25, -0.2) is 0 Å². The first kappa shape index (κ1) is 14.1. The van der Waals surface area contributed by atoms with Gasteiger partial charge in [0.25, 0.3) is 0 Å². The molecule has 0 radical (unpaired) electrons. The van der Waals surface area contributed by atoms with Gasteiger partial charge in [0.05, 0.1) is 4.34 Å². The molecule has 0 saturated heterocycles. The first-order chi connectivity index (χ1) is 9.16. The molecule has 1 unspecified atom stereocenters. The first-order valence-electron chi connectivity index (χ1n) is 5.92. The van der Waals surface area contributed by atoms with E-state index in [1.807, 2.05) is 42.5 Å². The number of carbonyl (C=O) groups is 1. The first-order valence-corrected chi connectivity index (χ1v) is 7.11. The lowest BCUT2D eigenvalue weighted by molar-refractivity contribution is -0.139. The van der Waals surface area contributed by atoms with E-state index < -0.39 is 12.0 Å². The minimum atomic E-state index is -0.865. The molecule has 0 aliphatic rings. The van der Waals surface area contributed by atoms with Crippen LogP contribution in [0, 0.1) is 0 Å². The molecule has 2 aromatic rings. The fourth-order valence-electron chi connectivity index (χ4n) is 1.82. The zero-order valence-corrected chi connectivity index (χ0v) is 11.7. The molecule has 1 aromatic carbocycles. The van der Waals surface area contributed by atoms with Crippen LogP contribution in [0.25, 0.3) is 0 Å². The maximum absolute atomic E-state index is 11.3. The summed E-state index contributed by atoms with van der Waals surface area (Å²) in [4.78, 5) is 12.4. The highest BCUT2D eigenvalue weighted by Crippen LogP contribution is 2.21. The van der Waals surface area contributed by atoms with E-state index in [1.165, 1.54) is 11.3 Å². The Labute approximate surface area is 120 Å². The zero-order valence-electron chi connectivity index (χ0n) is 10.2. The second-order valence-corrected chi connectivity index (χ2v) is 5.89. The van der Waals surface area contributed by atoms with Crippen LogP contribution in [0.1, 0.15) is 16.5 Å². The molecule has 1 atom stereocenters. The Morgan fingerprint density at radius 1 is 1.26 bits per heavy atom. The van der Waals surface area contributed by atoms with Crippen molar-refractivity contribution in [2.45, 2.75) is 12.5 Å². The van der Waals surface area contributed by atoms with Gasteiger partial charge in [-0.05, 0) is 24.1 Å². The third kappa shape index (κ3) is 4.06. The van der Waals surface area contributed by atoms with Crippen LogP contribution in [0.2, 0.25) is 4.34 Å². The smallest absolute Gasteiger partial charge is 0.325 e. The lowest BCUT2D eigenvalue weighted by Crippen LogP contribution is -2.30. The second-order valence-electron chi connectivity index (χ2n) is 4.09. The number of nitrogens with one attached hydrogen (secondary N) is 1. The van der Waals surface area contributed by atoms with Crippen molar-refractivity contribution in [3.63, 3.8) is 0 Å². The second kappa shape index (κ2) is 6.70. The van der Waals surface area contributed by atoms with E-state index in [4.69, 9.17) is 11.6 Å². The van der Waals surface area contributed by atoms with Gasteiger partial charge in [0.2, 0.25) is 0 Å². The Kier molecular flexibility index (Phi) is 4.96. The predicted molar refractivity (Wildman–Crippen MR) is 77.9 cm³/mol. The molecular formula is C14H14ClNO2S. The molecule has 0 aliphatic heterocycles. The minimum Gasteiger partial charge on any atom is -0.480 e.